The molecule has 2 rings (SSSR count). The van der Waals surface area contributed by atoms with Crippen molar-refractivity contribution in [3.63, 3.8) is 0 Å². The van der Waals surface area contributed by atoms with Crippen LogP contribution in [0.1, 0.15) is 25.0 Å². The molecule has 4 nitrogen and oxygen atoms in total. The predicted molar refractivity (Wildman–Crippen MR) is 65.6 cm³/mol. The highest BCUT2D eigenvalue weighted by Gasteiger charge is 2.13. The minimum Gasteiger partial charge on any atom is -0.466 e. The standard InChI is InChI=1S/C13H16N2O2/c1-9(2)7-10-3-5-11(6-4-10)13-15-14-12(16)8-17-13/h3-6,9H,7-8H2,1-2H3,(H,14,16). The van der Waals surface area contributed by atoms with Gasteiger partial charge in [-0.25, -0.2) is 5.43 Å². The van der Waals surface area contributed by atoms with Crippen molar-refractivity contribution in [1.82, 2.24) is 5.43 Å². The van der Waals surface area contributed by atoms with Crippen molar-refractivity contribution in [1.29, 1.82) is 0 Å². The third-order valence-corrected chi connectivity index (χ3v) is 2.47. The number of hydrazone groups is 1. The summed E-state index contributed by atoms with van der Waals surface area (Å²) in [7, 11) is 0. The maximum Gasteiger partial charge on any atom is 0.278 e. The molecule has 0 saturated heterocycles. The molecule has 1 aromatic carbocycles. The molecule has 0 fully saturated rings. The minimum absolute atomic E-state index is 0.0343. The quantitative estimate of drug-likeness (QED) is 0.862. The van der Waals surface area contributed by atoms with Gasteiger partial charge in [0.15, 0.2) is 6.61 Å². The van der Waals surface area contributed by atoms with Gasteiger partial charge >= 0.3 is 0 Å². The number of nitrogens with zero attached hydrogens (tertiary/aromatic N) is 1. The van der Waals surface area contributed by atoms with Crippen LogP contribution in [0.2, 0.25) is 0 Å². The molecule has 1 heterocycles. The topological polar surface area (TPSA) is 50.7 Å². The monoisotopic (exact) mass is 232 g/mol. The molecule has 1 amide bonds. The molecule has 0 saturated carbocycles. The second-order valence-electron chi connectivity index (χ2n) is 4.54. The minimum atomic E-state index is -0.217. The second kappa shape index (κ2) is 4.99. The molecule has 1 aliphatic rings. The van der Waals surface area contributed by atoms with Crippen LogP contribution < -0.4 is 5.43 Å². The Morgan fingerprint density at radius 2 is 2.06 bits per heavy atom. The average Bonchev–Trinajstić information content (AvgIpc) is 2.30. The van der Waals surface area contributed by atoms with E-state index in [1.807, 2.05) is 12.1 Å². The Kier molecular flexibility index (Phi) is 3.42. The van der Waals surface area contributed by atoms with Crippen molar-refractivity contribution in [2.45, 2.75) is 20.3 Å². The van der Waals surface area contributed by atoms with E-state index in [0.717, 1.165) is 12.0 Å². The van der Waals surface area contributed by atoms with Gasteiger partial charge in [0.1, 0.15) is 0 Å². The predicted octanol–water partition coefficient (Wildman–Crippen LogP) is 1.69. The molecule has 17 heavy (non-hydrogen) atoms. The summed E-state index contributed by atoms with van der Waals surface area (Å²) in [4.78, 5) is 10.9. The van der Waals surface area contributed by atoms with E-state index in [0.29, 0.717) is 11.8 Å². The van der Waals surface area contributed by atoms with Crippen molar-refractivity contribution in [2.75, 3.05) is 6.61 Å². The summed E-state index contributed by atoms with van der Waals surface area (Å²) >= 11 is 0. The number of rotatable bonds is 3. The lowest BCUT2D eigenvalue weighted by molar-refractivity contribution is -0.124. The first-order valence-corrected chi connectivity index (χ1v) is 5.74. The highest BCUT2D eigenvalue weighted by atomic mass is 16.5. The molecule has 0 atom stereocenters. The molecule has 4 heteroatoms. The molecule has 0 bridgehead atoms. The zero-order valence-corrected chi connectivity index (χ0v) is 10.1. The van der Waals surface area contributed by atoms with Crippen LogP contribution in [0.5, 0.6) is 0 Å². The van der Waals surface area contributed by atoms with Crippen LogP contribution in [0.3, 0.4) is 0 Å². The smallest absolute Gasteiger partial charge is 0.278 e. The number of amides is 1. The molecule has 0 aliphatic carbocycles. The van der Waals surface area contributed by atoms with E-state index in [4.69, 9.17) is 4.74 Å². The van der Waals surface area contributed by atoms with Gasteiger partial charge in [-0.3, -0.25) is 4.79 Å². The highest BCUT2D eigenvalue weighted by molar-refractivity contribution is 5.97. The van der Waals surface area contributed by atoms with Crippen molar-refractivity contribution in [3.05, 3.63) is 35.4 Å². The fraction of sp³-hybridized carbons (Fsp3) is 0.385. The van der Waals surface area contributed by atoms with E-state index < -0.39 is 0 Å². The molecule has 0 spiro atoms. The fourth-order valence-corrected chi connectivity index (χ4v) is 1.71. The van der Waals surface area contributed by atoms with Gasteiger partial charge in [-0.2, -0.15) is 0 Å². The SMILES string of the molecule is CC(C)Cc1ccc(C2=NNC(=O)CO2)cc1. The molecule has 0 aromatic heterocycles. The largest absolute Gasteiger partial charge is 0.466 e. The second-order valence-corrected chi connectivity index (χ2v) is 4.54. The van der Waals surface area contributed by atoms with Crippen LogP contribution in [0.25, 0.3) is 0 Å². The van der Waals surface area contributed by atoms with E-state index in [1.165, 1.54) is 5.56 Å². The third-order valence-electron chi connectivity index (χ3n) is 2.47. The van der Waals surface area contributed by atoms with E-state index in [1.54, 1.807) is 0 Å². The number of nitrogens with one attached hydrogen (secondary N) is 1. The normalized spacial score (nSPS) is 15.2. The van der Waals surface area contributed by atoms with Crippen LogP contribution >= 0.6 is 0 Å². The van der Waals surface area contributed by atoms with Crippen LogP contribution in [0, 0.1) is 5.92 Å². The summed E-state index contributed by atoms with van der Waals surface area (Å²) in [5.41, 5.74) is 4.58. The number of hydrogen-bond acceptors (Lipinski definition) is 3. The van der Waals surface area contributed by atoms with Gasteiger partial charge in [-0.05, 0) is 30.0 Å². The number of ether oxygens (including phenoxy) is 1. The van der Waals surface area contributed by atoms with Gasteiger partial charge in [-0.1, -0.05) is 26.0 Å². The van der Waals surface area contributed by atoms with Crippen LogP contribution in [-0.2, 0) is 16.0 Å². The lowest BCUT2D eigenvalue weighted by atomic mass is 10.0. The third kappa shape index (κ3) is 3.06. The Labute approximate surface area is 101 Å². The lowest BCUT2D eigenvalue weighted by Gasteiger charge is -2.14. The number of carbonyl (C=O) groups excluding carboxylic acids is 1. The Morgan fingerprint density at radius 3 is 2.59 bits per heavy atom. The van der Waals surface area contributed by atoms with Gasteiger partial charge in [0.2, 0.25) is 5.90 Å². The van der Waals surface area contributed by atoms with Gasteiger partial charge in [0.05, 0.1) is 0 Å². The summed E-state index contributed by atoms with van der Waals surface area (Å²) in [5, 5.41) is 3.87. The molecule has 0 radical (unpaired) electrons. The van der Waals surface area contributed by atoms with Gasteiger partial charge in [-0.15, -0.1) is 5.10 Å². The highest BCUT2D eigenvalue weighted by Crippen LogP contribution is 2.11. The summed E-state index contributed by atoms with van der Waals surface area (Å²) in [6.07, 6.45) is 1.06. The van der Waals surface area contributed by atoms with Crippen LogP contribution in [0.15, 0.2) is 29.4 Å². The average molecular weight is 232 g/mol. The number of hydrogen-bond donors (Lipinski definition) is 1. The molecular weight excluding hydrogens is 216 g/mol. The van der Waals surface area contributed by atoms with Crippen molar-refractivity contribution in [3.8, 4) is 0 Å². The van der Waals surface area contributed by atoms with Crippen LogP contribution in [-0.4, -0.2) is 18.4 Å². The molecule has 0 unspecified atom stereocenters. The summed E-state index contributed by atoms with van der Waals surface area (Å²) in [6.45, 7) is 4.42. The maximum absolute atomic E-state index is 10.9. The van der Waals surface area contributed by atoms with Crippen molar-refractivity contribution in [2.24, 2.45) is 11.0 Å². The van der Waals surface area contributed by atoms with Crippen LogP contribution in [0.4, 0.5) is 0 Å². The fourth-order valence-electron chi connectivity index (χ4n) is 1.71. The Bertz CT molecular complexity index is 435. The zero-order valence-electron chi connectivity index (χ0n) is 10.1. The van der Waals surface area contributed by atoms with E-state index in [-0.39, 0.29) is 12.5 Å². The van der Waals surface area contributed by atoms with E-state index >= 15 is 0 Å². The van der Waals surface area contributed by atoms with Crippen molar-refractivity contribution >= 4 is 11.8 Å². The van der Waals surface area contributed by atoms with E-state index in [9.17, 15) is 4.79 Å². The summed E-state index contributed by atoms with van der Waals surface area (Å²) in [6, 6.07) is 8.07. The van der Waals surface area contributed by atoms with E-state index in [2.05, 4.69) is 36.5 Å². The first-order valence-electron chi connectivity index (χ1n) is 5.74. The molecule has 1 aromatic rings. The summed E-state index contributed by atoms with van der Waals surface area (Å²) < 4.78 is 5.24. The van der Waals surface area contributed by atoms with Gasteiger partial charge < -0.3 is 4.74 Å². The lowest BCUT2D eigenvalue weighted by Crippen LogP contribution is -2.32. The Morgan fingerprint density at radius 1 is 1.35 bits per heavy atom. The van der Waals surface area contributed by atoms with Gasteiger partial charge in [0, 0.05) is 5.56 Å². The maximum atomic E-state index is 10.9. The molecule has 90 valence electrons. The zero-order chi connectivity index (χ0) is 12.3. The molecule has 1 N–H and O–H groups in total. The number of carbonyl (C=O) groups is 1. The molecule has 1 aliphatic heterocycles. The van der Waals surface area contributed by atoms with Crippen molar-refractivity contribution < 1.29 is 9.53 Å². The Balaban J connectivity index is 2.10. The summed E-state index contributed by atoms with van der Waals surface area (Å²) in [5.74, 6) is 0.897. The number of benzene rings is 1. The van der Waals surface area contributed by atoms with Gasteiger partial charge in [0.25, 0.3) is 5.91 Å². The first kappa shape index (κ1) is 11.6. The molecular formula is C13H16N2O2. The Hall–Kier alpha value is -1.84. The first-order chi connectivity index (χ1) is 8.15.